The van der Waals surface area contributed by atoms with Crippen LogP contribution in [0.2, 0.25) is 0 Å². The lowest BCUT2D eigenvalue weighted by Crippen LogP contribution is -2.40. The lowest BCUT2D eigenvalue weighted by Gasteiger charge is -2.25. The van der Waals surface area contributed by atoms with Crippen LogP contribution >= 0.6 is 0 Å². The van der Waals surface area contributed by atoms with Crippen molar-refractivity contribution >= 4 is 0 Å². The molecule has 3 atom stereocenters. The van der Waals surface area contributed by atoms with E-state index < -0.39 is 0 Å². The molecular weight excluding hydrogens is 208 g/mol. The van der Waals surface area contributed by atoms with Gasteiger partial charge in [0.1, 0.15) is 0 Å². The summed E-state index contributed by atoms with van der Waals surface area (Å²) in [6.45, 7) is 6.05. The van der Waals surface area contributed by atoms with Gasteiger partial charge in [0.15, 0.2) is 0 Å². The highest BCUT2D eigenvalue weighted by atomic mass is 15.2. The minimum Gasteiger partial charge on any atom is -0.312 e. The number of likely N-dealkylation sites (tertiary alicyclic amines) is 1. The van der Waals surface area contributed by atoms with E-state index in [2.05, 4.69) is 47.5 Å². The smallest absolute Gasteiger partial charge is 0.0320 e. The van der Waals surface area contributed by atoms with Gasteiger partial charge in [-0.3, -0.25) is 4.90 Å². The van der Waals surface area contributed by atoms with Crippen LogP contribution in [0.3, 0.4) is 0 Å². The summed E-state index contributed by atoms with van der Waals surface area (Å²) in [4.78, 5) is 2.64. The molecule has 3 rings (SSSR count). The zero-order chi connectivity index (χ0) is 11.7. The summed E-state index contributed by atoms with van der Waals surface area (Å²) in [6, 6.07) is 12.2. The number of hydrogen-bond acceptors (Lipinski definition) is 2. The van der Waals surface area contributed by atoms with Crippen LogP contribution in [0.15, 0.2) is 30.3 Å². The molecule has 17 heavy (non-hydrogen) atoms. The first-order valence-electron chi connectivity index (χ1n) is 6.87. The SMILES string of the molecule is CC(c1ccccc1)N1CC2CCCNC2C1. The van der Waals surface area contributed by atoms with Gasteiger partial charge in [0.2, 0.25) is 0 Å². The molecule has 2 fully saturated rings. The minimum absolute atomic E-state index is 0.559. The van der Waals surface area contributed by atoms with E-state index in [-0.39, 0.29) is 0 Å². The summed E-state index contributed by atoms with van der Waals surface area (Å²) in [5, 5.41) is 3.68. The molecule has 3 unspecified atom stereocenters. The van der Waals surface area contributed by atoms with E-state index in [4.69, 9.17) is 0 Å². The van der Waals surface area contributed by atoms with E-state index in [0.717, 1.165) is 12.0 Å². The fourth-order valence-electron chi connectivity index (χ4n) is 3.34. The Balaban J connectivity index is 1.70. The average molecular weight is 230 g/mol. The minimum atomic E-state index is 0.559. The molecule has 0 amide bonds. The van der Waals surface area contributed by atoms with Crippen molar-refractivity contribution in [3.63, 3.8) is 0 Å². The van der Waals surface area contributed by atoms with Crippen LogP contribution in [0.25, 0.3) is 0 Å². The Labute approximate surface area is 104 Å². The van der Waals surface area contributed by atoms with Crippen LogP contribution in [0.4, 0.5) is 0 Å². The largest absolute Gasteiger partial charge is 0.312 e. The molecule has 0 aliphatic carbocycles. The quantitative estimate of drug-likeness (QED) is 0.839. The maximum Gasteiger partial charge on any atom is 0.0320 e. The third-order valence-corrected chi connectivity index (χ3v) is 4.46. The highest BCUT2D eigenvalue weighted by Crippen LogP contribution is 2.31. The Morgan fingerprint density at radius 3 is 2.82 bits per heavy atom. The van der Waals surface area contributed by atoms with Gasteiger partial charge in [-0.05, 0) is 37.8 Å². The molecule has 2 heterocycles. The Bertz CT molecular complexity index is 348. The number of benzene rings is 1. The predicted octanol–water partition coefficient (Wildman–Crippen LogP) is 2.43. The number of piperidine rings is 1. The molecule has 2 aliphatic rings. The number of nitrogens with one attached hydrogen (secondary N) is 1. The standard InChI is InChI=1S/C15H22N2/c1-12(13-6-3-2-4-7-13)17-10-14-8-5-9-16-15(14)11-17/h2-4,6-7,12,14-16H,5,8-11H2,1H3. The van der Waals surface area contributed by atoms with Crippen molar-refractivity contribution in [2.45, 2.75) is 31.8 Å². The van der Waals surface area contributed by atoms with E-state index in [1.165, 1.54) is 38.0 Å². The second-order valence-corrected chi connectivity index (χ2v) is 5.50. The molecule has 0 radical (unpaired) electrons. The molecule has 1 N–H and O–H groups in total. The lowest BCUT2D eigenvalue weighted by atomic mass is 9.94. The Hall–Kier alpha value is -0.860. The summed E-state index contributed by atoms with van der Waals surface area (Å²) >= 11 is 0. The van der Waals surface area contributed by atoms with Crippen molar-refractivity contribution in [1.29, 1.82) is 0 Å². The van der Waals surface area contributed by atoms with Crippen LogP contribution in [0.5, 0.6) is 0 Å². The average Bonchev–Trinajstić information content (AvgIpc) is 2.82. The fraction of sp³-hybridized carbons (Fsp3) is 0.600. The number of hydrogen-bond donors (Lipinski definition) is 1. The van der Waals surface area contributed by atoms with E-state index in [1.54, 1.807) is 0 Å². The highest BCUT2D eigenvalue weighted by Gasteiger charge is 2.36. The maximum absolute atomic E-state index is 3.68. The molecular formula is C15H22N2. The monoisotopic (exact) mass is 230 g/mol. The van der Waals surface area contributed by atoms with Crippen LogP contribution in [0, 0.1) is 5.92 Å². The number of nitrogens with zero attached hydrogens (tertiary/aromatic N) is 1. The van der Waals surface area contributed by atoms with Gasteiger partial charge in [0, 0.05) is 25.2 Å². The molecule has 2 heteroatoms. The second-order valence-electron chi connectivity index (χ2n) is 5.50. The van der Waals surface area contributed by atoms with Crippen molar-refractivity contribution in [1.82, 2.24) is 10.2 Å². The lowest BCUT2D eigenvalue weighted by molar-refractivity contribution is 0.251. The molecule has 2 aliphatic heterocycles. The van der Waals surface area contributed by atoms with Gasteiger partial charge in [-0.25, -0.2) is 0 Å². The third kappa shape index (κ3) is 2.24. The number of rotatable bonds is 2. The van der Waals surface area contributed by atoms with Crippen molar-refractivity contribution in [3.05, 3.63) is 35.9 Å². The zero-order valence-electron chi connectivity index (χ0n) is 10.6. The highest BCUT2D eigenvalue weighted by molar-refractivity contribution is 5.19. The van der Waals surface area contributed by atoms with Crippen molar-refractivity contribution in [3.8, 4) is 0 Å². The number of fused-ring (bicyclic) bond motifs is 1. The topological polar surface area (TPSA) is 15.3 Å². The van der Waals surface area contributed by atoms with Crippen LogP contribution in [0.1, 0.15) is 31.4 Å². The normalized spacial score (nSPS) is 31.1. The third-order valence-electron chi connectivity index (χ3n) is 4.46. The van der Waals surface area contributed by atoms with Crippen molar-refractivity contribution in [2.24, 2.45) is 5.92 Å². The molecule has 0 saturated carbocycles. The Kier molecular flexibility index (Phi) is 3.17. The molecule has 0 spiro atoms. The van der Waals surface area contributed by atoms with Crippen LogP contribution in [-0.2, 0) is 0 Å². The summed E-state index contributed by atoms with van der Waals surface area (Å²) in [7, 11) is 0. The summed E-state index contributed by atoms with van der Waals surface area (Å²) in [5.41, 5.74) is 1.45. The second kappa shape index (κ2) is 4.79. The first-order valence-corrected chi connectivity index (χ1v) is 6.87. The van der Waals surface area contributed by atoms with E-state index in [1.807, 2.05) is 0 Å². The van der Waals surface area contributed by atoms with Gasteiger partial charge >= 0.3 is 0 Å². The van der Waals surface area contributed by atoms with Gasteiger partial charge in [0.05, 0.1) is 0 Å². The molecule has 2 nitrogen and oxygen atoms in total. The van der Waals surface area contributed by atoms with Crippen molar-refractivity contribution in [2.75, 3.05) is 19.6 Å². The van der Waals surface area contributed by atoms with Crippen LogP contribution < -0.4 is 5.32 Å². The van der Waals surface area contributed by atoms with Gasteiger partial charge in [-0.2, -0.15) is 0 Å². The summed E-state index contributed by atoms with van der Waals surface area (Å²) in [6.07, 6.45) is 2.77. The fourth-order valence-corrected chi connectivity index (χ4v) is 3.34. The maximum atomic E-state index is 3.68. The van der Waals surface area contributed by atoms with Gasteiger partial charge < -0.3 is 5.32 Å². The first-order chi connectivity index (χ1) is 8.34. The zero-order valence-corrected chi connectivity index (χ0v) is 10.6. The molecule has 1 aromatic carbocycles. The Morgan fingerprint density at radius 2 is 2.06 bits per heavy atom. The Morgan fingerprint density at radius 1 is 1.24 bits per heavy atom. The molecule has 1 aromatic rings. The van der Waals surface area contributed by atoms with Gasteiger partial charge in [-0.1, -0.05) is 30.3 Å². The van der Waals surface area contributed by atoms with Crippen molar-refractivity contribution < 1.29 is 0 Å². The summed E-state index contributed by atoms with van der Waals surface area (Å²) in [5.74, 6) is 0.884. The van der Waals surface area contributed by atoms with E-state index in [9.17, 15) is 0 Å². The molecule has 2 saturated heterocycles. The molecule has 0 aromatic heterocycles. The van der Waals surface area contributed by atoms with E-state index in [0.29, 0.717) is 6.04 Å². The van der Waals surface area contributed by atoms with Gasteiger partial charge in [0.25, 0.3) is 0 Å². The molecule has 0 bridgehead atoms. The van der Waals surface area contributed by atoms with Gasteiger partial charge in [-0.15, -0.1) is 0 Å². The molecule has 92 valence electrons. The summed E-state index contributed by atoms with van der Waals surface area (Å²) < 4.78 is 0. The van der Waals surface area contributed by atoms with E-state index >= 15 is 0 Å². The predicted molar refractivity (Wildman–Crippen MR) is 70.9 cm³/mol. The van der Waals surface area contributed by atoms with Crippen LogP contribution in [-0.4, -0.2) is 30.6 Å². The first kappa shape index (κ1) is 11.2.